The van der Waals surface area contributed by atoms with Gasteiger partial charge in [0.25, 0.3) is 0 Å². The molecule has 1 N–H and O–H groups in total. The van der Waals surface area contributed by atoms with Crippen LogP contribution in [0.3, 0.4) is 0 Å². The van der Waals surface area contributed by atoms with Gasteiger partial charge in [0.1, 0.15) is 10.9 Å². The first kappa shape index (κ1) is 15.9. The van der Waals surface area contributed by atoms with Crippen LogP contribution < -0.4 is 0 Å². The highest BCUT2D eigenvalue weighted by Crippen LogP contribution is 2.43. The Bertz CT molecular complexity index is 732. The average Bonchev–Trinajstić information content (AvgIpc) is 2.76. The second-order valence-electron chi connectivity index (χ2n) is 4.56. The third kappa shape index (κ3) is 3.41. The van der Waals surface area contributed by atoms with Crippen molar-refractivity contribution in [3.63, 3.8) is 0 Å². The summed E-state index contributed by atoms with van der Waals surface area (Å²) in [5.41, 5.74) is 1.53. The molecule has 21 heavy (non-hydrogen) atoms. The Labute approximate surface area is 136 Å². The van der Waals surface area contributed by atoms with Crippen LogP contribution >= 0.6 is 34.7 Å². The molecule has 0 fully saturated rings. The molecule has 0 aliphatic heterocycles. The molecule has 0 bridgehead atoms. The fraction of sp³-hybridized carbons (Fsp3) is 0.200. The normalized spacial score (nSPS) is 10.6. The van der Waals surface area contributed by atoms with E-state index in [0.29, 0.717) is 21.7 Å². The van der Waals surface area contributed by atoms with Crippen LogP contribution in [-0.2, 0) is 0 Å². The van der Waals surface area contributed by atoms with Crippen LogP contribution in [0.5, 0.6) is 0 Å². The third-order valence-electron chi connectivity index (χ3n) is 2.64. The fourth-order valence-corrected chi connectivity index (χ4v) is 4.63. The van der Waals surface area contributed by atoms with Gasteiger partial charge in [-0.3, -0.25) is 0 Å². The molecule has 0 aliphatic carbocycles. The van der Waals surface area contributed by atoms with E-state index in [9.17, 15) is 15.2 Å². The number of hydrogen-bond acceptors (Lipinski definition) is 4. The topological polar surface area (TPSA) is 61.1 Å². The average molecular weight is 338 g/mol. The van der Waals surface area contributed by atoms with Crippen molar-refractivity contribution >= 4 is 40.7 Å². The summed E-state index contributed by atoms with van der Waals surface area (Å²) in [6, 6.07) is 9.06. The molecule has 0 unspecified atom stereocenters. The number of nitriles is 1. The number of carbonyl (C=O) groups is 1. The van der Waals surface area contributed by atoms with Crippen LogP contribution in [0.15, 0.2) is 28.5 Å². The van der Waals surface area contributed by atoms with Crippen molar-refractivity contribution in [3.8, 4) is 17.2 Å². The maximum absolute atomic E-state index is 11.5. The Morgan fingerprint density at radius 1 is 1.48 bits per heavy atom. The minimum absolute atomic E-state index is 0.178. The van der Waals surface area contributed by atoms with E-state index in [4.69, 9.17) is 11.6 Å². The number of rotatable bonds is 4. The van der Waals surface area contributed by atoms with Crippen molar-refractivity contribution in [1.82, 2.24) is 0 Å². The van der Waals surface area contributed by atoms with Crippen LogP contribution in [0, 0.1) is 11.3 Å². The number of carboxylic acids is 1. The molecule has 6 heteroatoms. The van der Waals surface area contributed by atoms with Gasteiger partial charge < -0.3 is 5.11 Å². The summed E-state index contributed by atoms with van der Waals surface area (Å²) in [5, 5.41) is 19.7. The lowest BCUT2D eigenvalue weighted by Crippen LogP contribution is -1.95. The van der Waals surface area contributed by atoms with Gasteiger partial charge in [0.05, 0.1) is 9.77 Å². The Balaban J connectivity index is 2.70. The first-order valence-corrected chi connectivity index (χ1v) is 8.24. The zero-order chi connectivity index (χ0) is 15.6. The lowest BCUT2D eigenvalue weighted by atomic mass is 10.0. The number of hydrogen-bond donors (Lipinski definition) is 1. The van der Waals surface area contributed by atoms with Gasteiger partial charge >= 0.3 is 5.97 Å². The van der Waals surface area contributed by atoms with E-state index in [-0.39, 0.29) is 10.1 Å². The highest BCUT2D eigenvalue weighted by Gasteiger charge is 2.24. The van der Waals surface area contributed by atoms with Gasteiger partial charge in [0.2, 0.25) is 0 Å². The van der Waals surface area contributed by atoms with Crippen LogP contribution in [0.4, 0.5) is 0 Å². The van der Waals surface area contributed by atoms with E-state index < -0.39 is 5.97 Å². The van der Waals surface area contributed by atoms with Crippen molar-refractivity contribution in [2.75, 3.05) is 0 Å². The molecule has 0 saturated heterocycles. The van der Waals surface area contributed by atoms with Gasteiger partial charge in [-0.1, -0.05) is 37.6 Å². The predicted molar refractivity (Wildman–Crippen MR) is 87.4 cm³/mol. The third-order valence-corrected chi connectivity index (χ3v) is 5.27. The molecule has 1 heterocycles. The number of thiophene rings is 1. The molecule has 0 spiro atoms. The Morgan fingerprint density at radius 3 is 2.71 bits per heavy atom. The van der Waals surface area contributed by atoms with Crippen LogP contribution in [0.2, 0.25) is 5.02 Å². The molecule has 1 aromatic heterocycles. The Morgan fingerprint density at radius 2 is 2.19 bits per heavy atom. The van der Waals surface area contributed by atoms with E-state index in [0.717, 1.165) is 15.5 Å². The highest BCUT2D eigenvalue weighted by atomic mass is 35.5. The van der Waals surface area contributed by atoms with E-state index in [2.05, 4.69) is 6.07 Å². The van der Waals surface area contributed by atoms with Gasteiger partial charge in [-0.25, -0.2) is 4.79 Å². The Hall–Kier alpha value is -1.48. The van der Waals surface area contributed by atoms with Crippen molar-refractivity contribution in [3.05, 3.63) is 39.7 Å². The Kier molecular flexibility index (Phi) is 4.94. The number of aromatic carboxylic acids is 1. The van der Waals surface area contributed by atoms with Crippen LogP contribution in [0.1, 0.15) is 29.1 Å². The van der Waals surface area contributed by atoms with Crippen LogP contribution in [0.25, 0.3) is 11.1 Å². The molecule has 2 rings (SSSR count). The largest absolute Gasteiger partial charge is 0.477 e. The van der Waals surface area contributed by atoms with Gasteiger partial charge in [0, 0.05) is 15.8 Å². The van der Waals surface area contributed by atoms with E-state index in [1.807, 2.05) is 13.8 Å². The minimum Gasteiger partial charge on any atom is -0.477 e. The molecule has 2 aromatic rings. The van der Waals surface area contributed by atoms with Crippen molar-refractivity contribution in [2.24, 2.45) is 0 Å². The number of thioether (sulfide) groups is 1. The predicted octanol–water partition coefficient (Wildman–Crippen LogP) is 5.14. The molecule has 0 aliphatic rings. The molecular formula is C15H12ClNO2S2. The van der Waals surface area contributed by atoms with E-state index in [1.54, 1.807) is 24.3 Å². The monoisotopic (exact) mass is 337 g/mol. The zero-order valence-corrected chi connectivity index (χ0v) is 13.8. The van der Waals surface area contributed by atoms with Gasteiger partial charge in [-0.2, -0.15) is 5.26 Å². The summed E-state index contributed by atoms with van der Waals surface area (Å²) in [7, 11) is 0. The van der Waals surface area contributed by atoms with Crippen molar-refractivity contribution in [2.45, 2.75) is 23.3 Å². The van der Waals surface area contributed by atoms with Crippen molar-refractivity contribution < 1.29 is 9.90 Å². The second kappa shape index (κ2) is 6.52. The maximum Gasteiger partial charge on any atom is 0.346 e. The summed E-state index contributed by atoms with van der Waals surface area (Å²) in [6.07, 6.45) is 0. The summed E-state index contributed by atoms with van der Waals surface area (Å²) in [4.78, 5) is 11.7. The van der Waals surface area contributed by atoms with Crippen LogP contribution in [-0.4, -0.2) is 16.3 Å². The quantitative estimate of drug-likeness (QED) is 0.785. The SMILES string of the molecule is CC(C)Sc1sc(C(=O)O)c(-c2cccc(Cl)c2)c1C#N. The van der Waals surface area contributed by atoms with Gasteiger partial charge in [0.15, 0.2) is 0 Å². The number of halogens is 1. The molecule has 0 atom stereocenters. The smallest absolute Gasteiger partial charge is 0.346 e. The van der Waals surface area contributed by atoms with E-state index in [1.165, 1.54) is 11.8 Å². The number of nitrogens with zero attached hydrogens (tertiary/aromatic N) is 1. The molecular weight excluding hydrogens is 326 g/mol. The second-order valence-corrected chi connectivity index (χ2v) is 7.86. The van der Waals surface area contributed by atoms with Gasteiger partial charge in [-0.05, 0) is 17.7 Å². The summed E-state index contributed by atoms with van der Waals surface area (Å²) in [6.45, 7) is 4.01. The molecule has 0 amide bonds. The summed E-state index contributed by atoms with van der Waals surface area (Å²) >= 11 is 8.63. The molecule has 3 nitrogen and oxygen atoms in total. The zero-order valence-electron chi connectivity index (χ0n) is 11.4. The molecule has 0 radical (unpaired) electrons. The molecule has 108 valence electrons. The summed E-state index contributed by atoms with van der Waals surface area (Å²) < 4.78 is 0.736. The number of benzene rings is 1. The fourth-order valence-electron chi connectivity index (χ4n) is 1.88. The van der Waals surface area contributed by atoms with E-state index >= 15 is 0 Å². The first-order valence-electron chi connectivity index (χ1n) is 6.16. The first-order chi connectivity index (χ1) is 9.93. The van der Waals surface area contributed by atoms with Crippen molar-refractivity contribution in [1.29, 1.82) is 5.26 Å². The highest BCUT2D eigenvalue weighted by molar-refractivity contribution is 8.01. The maximum atomic E-state index is 11.5. The number of carboxylic acid groups (broad SMARTS) is 1. The minimum atomic E-state index is -1.03. The summed E-state index contributed by atoms with van der Waals surface area (Å²) in [5.74, 6) is -1.03. The molecule has 1 aromatic carbocycles. The lowest BCUT2D eigenvalue weighted by molar-refractivity contribution is 0.0703. The lowest BCUT2D eigenvalue weighted by Gasteiger charge is -2.04. The van der Waals surface area contributed by atoms with Gasteiger partial charge in [-0.15, -0.1) is 23.1 Å². The standard InChI is InChI=1S/C15H12ClNO2S2/c1-8(2)20-15-11(7-17)12(13(21-15)14(18)19)9-4-3-5-10(16)6-9/h3-6,8H,1-2H3,(H,18,19). The molecule has 0 saturated carbocycles.